The third kappa shape index (κ3) is 3.73. The molecule has 0 spiro atoms. The predicted octanol–water partition coefficient (Wildman–Crippen LogP) is 4.28. The number of rotatable bonds is 5. The maximum atomic E-state index is 12.6. The van der Waals surface area contributed by atoms with E-state index in [1.54, 1.807) is 17.5 Å². The number of aromatic nitrogens is 3. The molecule has 4 aromatic rings. The molecule has 8 heteroatoms. The second-order valence-electron chi connectivity index (χ2n) is 7.33. The van der Waals surface area contributed by atoms with E-state index in [0.29, 0.717) is 17.3 Å². The molecule has 1 aliphatic carbocycles. The number of anilines is 1. The summed E-state index contributed by atoms with van der Waals surface area (Å²) < 4.78 is 0. The van der Waals surface area contributed by atoms with Crippen molar-refractivity contribution >= 4 is 55.8 Å². The van der Waals surface area contributed by atoms with E-state index in [4.69, 9.17) is 0 Å². The van der Waals surface area contributed by atoms with Gasteiger partial charge in [-0.25, -0.2) is 4.98 Å². The molecule has 30 heavy (non-hydrogen) atoms. The predicted molar refractivity (Wildman–Crippen MR) is 123 cm³/mol. The fourth-order valence-corrected chi connectivity index (χ4v) is 5.88. The highest BCUT2D eigenvalue weighted by atomic mass is 32.2. The number of benzene rings is 1. The average Bonchev–Trinajstić information content (AvgIpc) is 3.13. The second-order valence-corrected chi connectivity index (χ2v) is 9.39. The van der Waals surface area contributed by atoms with Crippen LogP contribution in [0.15, 0.2) is 41.3 Å². The van der Waals surface area contributed by atoms with E-state index >= 15 is 0 Å². The quantitative estimate of drug-likeness (QED) is 0.487. The zero-order valence-corrected chi connectivity index (χ0v) is 17.9. The number of hydrogen-bond acceptors (Lipinski definition) is 6. The van der Waals surface area contributed by atoms with Gasteiger partial charge in [0.05, 0.1) is 28.1 Å². The molecule has 5 rings (SSSR count). The molecule has 3 heterocycles. The summed E-state index contributed by atoms with van der Waals surface area (Å²) >= 11 is 3.07. The number of hydrogen-bond donors (Lipinski definition) is 2. The SMILES string of the molecule is O=C(CSCc1nc2sc3c(c2c(=O)[nH]1)CCCC3)Nc1cccc2cccnc12. The normalized spacial score (nSPS) is 13.5. The van der Waals surface area contributed by atoms with Crippen molar-refractivity contribution in [2.45, 2.75) is 31.4 Å². The summed E-state index contributed by atoms with van der Waals surface area (Å²) in [4.78, 5) is 39.1. The number of para-hydroxylation sites is 1. The Morgan fingerprint density at radius 2 is 2.07 bits per heavy atom. The Morgan fingerprint density at radius 1 is 1.20 bits per heavy atom. The van der Waals surface area contributed by atoms with Gasteiger partial charge in [-0.15, -0.1) is 23.1 Å². The van der Waals surface area contributed by atoms with Crippen LogP contribution in [-0.2, 0) is 23.4 Å². The molecule has 0 radical (unpaired) electrons. The first-order valence-corrected chi connectivity index (χ1v) is 11.9. The van der Waals surface area contributed by atoms with Gasteiger partial charge in [0.15, 0.2) is 0 Å². The lowest BCUT2D eigenvalue weighted by molar-refractivity contribution is -0.113. The van der Waals surface area contributed by atoms with Crippen LogP contribution in [0.1, 0.15) is 29.1 Å². The topological polar surface area (TPSA) is 87.7 Å². The molecule has 6 nitrogen and oxygen atoms in total. The lowest BCUT2D eigenvalue weighted by Crippen LogP contribution is -2.16. The third-order valence-corrected chi connectivity index (χ3v) is 7.38. The van der Waals surface area contributed by atoms with Gasteiger partial charge >= 0.3 is 0 Å². The van der Waals surface area contributed by atoms with Gasteiger partial charge in [-0.1, -0.05) is 18.2 Å². The van der Waals surface area contributed by atoms with Crippen molar-refractivity contribution in [1.82, 2.24) is 15.0 Å². The highest BCUT2D eigenvalue weighted by Gasteiger charge is 2.19. The molecule has 2 N–H and O–H groups in total. The lowest BCUT2D eigenvalue weighted by Gasteiger charge is -2.09. The summed E-state index contributed by atoms with van der Waals surface area (Å²) in [5.41, 5.74) is 2.62. The summed E-state index contributed by atoms with van der Waals surface area (Å²) in [5, 5.41) is 4.68. The molecule has 0 saturated carbocycles. The second kappa shape index (κ2) is 8.20. The van der Waals surface area contributed by atoms with Crippen molar-refractivity contribution in [2.24, 2.45) is 0 Å². The molecule has 0 aliphatic heterocycles. The maximum absolute atomic E-state index is 12.6. The molecule has 1 aromatic carbocycles. The van der Waals surface area contributed by atoms with Crippen molar-refractivity contribution in [3.05, 3.63) is 63.1 Å². The number of thiophene rings is 1. The molecular formula is C22H20N4O2S2. The van der Waals surface area contributed by atoms with Gasteiger partial charge in [0.1, 0.15) is 10.7 Å². The number of nitrogens with zero attached hydrogens (tertiary/aromatic N) is 2. The van der Waals surface area contributed by atoms with Crippen molar-refractivity contribution in [3.63, 3.8) is 0 Å². The number of pyridine rings is 1. The Labute approximate surface area is 181 Å². The zero-order valence-electron chi connectivity index (χ0n) is 16.2. The van der Waals surface area contributed by atoms with Gasteiger partial charge in [-0.2, -0.15) is 0 Å². The first-order valence-electron chi connectivity index (χ1n) is 9.94. The fourth-order valence-electron chi connectivity index (χ4n) is 3.91. The summed E-state index contributed by atoms with van der Waals surface area (Å²) in [6.07, 6.45) is 6.05. The van der Waals surface area contributed by atoms with E-state index in [-0.39, 0.29) is 17.2 Å². The molecule has 0 saturated heterocycles. The van der Waals surface area contributed by atoms with E-state index in [2.05, 4.69) is 20.3 Å². The molecule has 152 valence electrons. The minimum atomic E-state index is -0.104. The zero-order chi connectivity index (χ0) is 20.5. The Balaban J connectivity index is 1.26. The van der Waals surface area contributed by atoms with E-state index in [1.165, 1.54) is 28.6 Å². The van der Waals surface area contributed by atoms with Crippen LogP contribution in [0.4, 0.5) is 5.69 Å². The molecule has 0 fully saturated rings. The first-order chi connectivity index (χ1) is 14.7. The smallest absolute Gasteiger partial charge is 0.259 e. The van der Waals surface area contributed by atoms with E-state index in [9.17, 15) is 9.59 Å². The van der Waals surface area contributed by atoms with Gasteiger partial charge in [0, 0.05) is 16.5 Å². The number of amides is 1. The maximum Gasteiger partial charge on any atom is 0.259 e. The van der Waals surface area contributed by atoms with Crippen LogP contribution in [-0.4, -0.2) is 26.6 Å². The number of fused-ring (bicyclic) bond motifs is 4. The molecule has 1 amide bonds. The average molecular weight is 437 g/mol. The molecule has 3 aromatic heterocycles. The Hall–Kier alpha value is -2.71. The van der Waals surface area contributed by atoms with Crippen molar-refractivity contribution in [2.75, 3.05) is 11.1 Å². The summed E-state index contributed by atoms with van der Waals surface area (Å²) in [5.74, 6) is 1.27. The number of H-pyrrole nitrogens is 1. The van der Waals surface area contributed by atoms with E-state index < -0.39 is 0 Å². The van der Waals surface area contributed by atoms with Gasteiger partial charge in [-0.05, 0) is 43.4 Å². The van der Waals surface area contributed by atoms with Crippen molar-refractivity contribution in [1.29, 1.82) is 0 Å². The van der Waals surface area contributed by atoms with Gasteiger partial charge in [0.2, 0.25) is 5.91 Å². The Kier molecular flexibility index (Phi) is 5.26. The standard InChI is InChI=1S/C22H20N4O2S2/c27-18(24-15-8-3-5-13-6-4-10-23-20(13)15)12-29-11-17-25-21(28)19-14-7-1-2-9-16(14)30-22(19)26-17/h3-6,8,10H,1-2,7,9,11-12H2,(H,24,27)(H,25,26,28). The molecular weight excluding hydrogens is 416 g/mol. The Bertz CT molecular complexity index is 1310. The molecule has 1 aliphatic rings. The van der Waals surface area contributed by atoms with Crippen molar-refractivity contribution in [3.8, 4) is 0 Å². The fraction of sp³-hybridized carbons (Fsp3) is 0.273. The van der Waals surface area contributed by atoms with Crippen molar-refractivity contribution < 1.29 is 4.79 Å². The van der Waals surface area contributed by atoms with Crippen LogP contribution in [0.25, 0.3) is 21.1 Å². The summed E-state index contributed by atoms with van der Waals surface area (Å²) in [7, 11) is 0. The number of thioether (sulfide) groups is 1. The highest BCUT2D eigenvalue weighted by Crippen LogP contribution is 2.33. The van der Waals surface area contributed by atoms with Crippen LogP contribution in [0.2, 0.25) is 0 Å². The molecule has 0 bridgehead atoms. The number of carbonyl (C=O) groups is 1. The highest BCUT2D eigenvalue weighted by molar-refractivity contribution is 7.99. The monoisotopic (exact) mass is 436 g/mol. The largest absolute Gasteiger partial charge is 0.323 e. The van der Waals surface area contributed by atoms with Gasteiger partial charge < -0.3 is 10.3 Å². The lowest BCUT2D eigenvalue weighted by atomic mass is 9.97. The minimum Gasteiger partial charge on any atom is -0.323 e. The minimum absolute atomic E-state index is 0.0544. The van der Waals surface area contributed by atoms with Crippen LogP contribution in [0.3, 0.4) is 0 Å². The number of carbonyl (C=O) groups excluding carboxylic acids is 1. The third-order valence-electron chi connectivity index (χ3n) is 5.25. The van der Waals surface area contributed by atoms with E-state index in [1.807, 2.05) is 30.3 Å². The van der Waals surface area contributed by atoms with Crippen LogP contribution in [0.5, 0.6) is 0 Å². The molecule has 0 atom stereocenters. The van der Waals surface area contributed by atoms with Crippen LogP contribution < -0.4 is 10.9 Å². The summed E-state index contributed by atoms with van der Waals surface area (Å²) in [6.45, 7) is 0. The number of nitrogens with one attached hydrogen (secondary N) is 2. The van der Waals surface area contributed by atoms with Crippen LogP contribution >= 0.6 is 23.1 Å². The molecule has 0 unspecified atom stereocenters. The number of aromatic amines is 1. The number of aryl methyl sites for hydroxylation is 2. The Morgan fingerprint density at radius 3 is 3.00 bits per heavy atom. The van der Waals surface area contributed by atoms with Gasteiger partial charge in [-0.3, -0.25) is 14.6 Å². The first kappa shape index (κ1) is 19.3. The van der Waals surface area contributed by atoms with E-state index in [0.717, 1.165) is 40.4 Å². The summed E-state index contributed by atoms with van der Waals surface area (Å²) in [6, 6.07) is 9.56. The van der Waals surface area contributed by atoms with Gasteiger partial charge in [0.25, 0.3) is 5.56 Å². The van der Waals surface area contributed by atoms with Crippen LogP contribution in [0, 0.1) is 0 Å².